The number of carbonyl (C=O) groups is 2. The number of hydrogen-bond acceptors (Lipinski definition) is 6. The van der Waals surface area contributed by atoms with Gasteiger partial charge < -0.3 is 10.1 Å². The van der Waals surface area contributed by atoms with E-state index in [0.717, 1.165) is 16.9 Å². The number of nitrogens with zero attached hydrogens (tertiary/aromatic N) is 2. The Morgan fingerprint density at radius 2 is 1.91 bits per heavy atom. The summed E-state index contributed by atoms with van der Waals surface area (Å²) in [5, 5.41) is 3.23. The number of anilines is 1. The summed E-state index contributed by atoms with van der Waals surface area (Å²) in [4.78, 5) is 32.4. The number of esters is 1. The number of rotatable bonds is 3. The number of carbonyl (C=O) groups excluding carboxylic acids is 2. The normalized spacial score (nSPS) is 10.4. The maximum atomic E-state index is 12.2. The van der Waals surface area contributed by atoms with Crippen molar-refractivity contribution in [2.24, 2.45) is 0 Å². The van der Waals surface area contributed by atoms with Crippen LogP contribution >= 0.6 is 11.3 Å². The van der Waals surface area contributed by atoms with Crippen LogP contribution < -0.4 is 5.32 Å². The van der Waals surface area contributed by atoms with Gasteiger partial charge in [-0.1, -0.05) is 12.1 Å². The minimum Gasteiger partial charge on any atom is -0.465 e. The molecule has 3 rings (SSSR count). The number of amides is 1. The highest BCUT2D eigenvalue weighted by Crippen LogP contribution is 2.23. The Kier molecular flexibility index (Phi) is 3.80. The zero-order valence-electron chi connectivity index (χ0n) is 11.6. The van der Waals surface area contributed by atoms with E-state index in [1.54, 1.807) is 18.2 Å². The van der Waals surface area contributed by atoms with Crippen LogP contribution in [0.15, 0.2) is 42.6 Å². The molecule has 7 heteroatoms. The van der Waals surface area contributed by atoms with Crippen LogP contribution in [-0.4, -0.2) is 29.0 Å². The van der Waals surface area contributed by atoms with E-state index in [-0.39, 0.29) is 11.6 Å². The predicted molar refractivity (Wildman–Crippen MR) is 83.1 cm³/mol. The average molecular weight is 313 g/mol. The van der Waals surface area contributed by atoms with E-state index in [0.29, 0.717) is 15.4 Å². The van der Waals surface area contributed by atoms with Gasteiger partial charge in [0.15, 0.2) is 0 Å². The van der Waals surface area contributed by atoms with Crippen LogP contribution in [0.25, 0.3) is 11.0 Å². The number of thiophene rings is 1. The number of fused-ring (bicyclic) bond motifs is 1. The lowest BCUT2D eigenvalue weighted by Crippen LogP contribution is -2.13. The lowest BCUT2D eigenvalue weighted by molar-refractivity contribution is 0.0606. The molecule has 0 saturated carbocycles. The summed E-state index contributed by atoms with van der Waals surface area (Å²) in [6.45, 7) is 0. The average Bonchev–Trinajstić information content (AvgIpc) is 3.02. The van der Waals surface area contributed by atoms with Crippen LogP contribution in [0.2, 0.25) is 0 Å². The molecule has 22 heavy (non-hydrogen) atoms. The molecule has 110 valence electrons. The van der Waals surface area contributed by atoms with Crippen LogP contribution in [0.3, 0.4) is 0 Å². The van der Waals surface area contributed by atoms with E-state index in [9.17, 15) is 9.59 Å². The second-order valence-corrected chi connectivity index (χ2v) is 5.44. The predicted octanol–water partition coefficient (Wildman–Crippen LogP) is 2.73. The van der Waals surface area contributed by atoms with Crippen LogP contribution in [0.1, 0.15) is 20.2 Å². The molecule has 0 spiro atoms. The van der Waals surface area contributed by atoms with Crippen molar-refractivity contribution in [3.8, 4) is 0 Å². The maximum absolute atomic E-state index is 12.2. The maximum Gasteiger partial charge on any atom is 0.348 e. The Morgan fingerprint density at radius 1 is 1.14 bits per heavy atom. The molecule has 0 unspecified atom stereocenters. The second kappa shape index (κ2) is 5.90. The highest BCUT2D eigenvalue weighted by Gasteiger charge is 2.13. The van der Waals surface area contributed by atoms with Gasteiger partial charge in [-0.25, -0.2) is 9.78 Å². The molecule has 1 amide bonds. The number of para-hydroxylation sites is 2. The molecule has 1 N–H and O–H groups in total. The third-order valence-electron chi connectivity index (χ3n) is 2.91. The monoisotopic (exact) mass is 313 g/mol. The largest absolute Gasteiger partial charge is 0.465 e. The van der Waals surface area contributed by atoms with E-state index in [2.05, 4.69) is 20.0 Å². The summed E-state index contributed by atoms with van der Waals surface area (Å²) in [5.74, 6) is -0.812. The van der Waals surface area contributed by atoms with Crippen LogP contribution in [0.5, 0.6) is 0 Å². The van der Waals surface area contributed by atoms with Crippen molar-refractivity contribution >= 4 is 39.2 Å². The van der Waals surface area contributed by atoms with Crippen LogP contribution in [-0.2, 0) is 4.74 Å². The summed E-state index contributed by atoms with van der Waals surface area (Å²) >= 11 is 1.14. The summed E-state index contributed by atoms with van der Waals surface area (Å²) in [6.07, 6.45) is 1.42. The van der Waals surface area contributed by atoms with Gasteiger partial charge in [0.2, 0.25) is 0 Å². The molecule has 6 nitrogen and oxygen atoms in total. The Balaban J connectivity index is 1.80. The van der Waals surface area contributed by atoms with Gasteiger partial charge in [-0.15, -0.1) is 11.3 Å². The van der Waals surface area contributed by atoms with E-state index in [1.165, 1.54) is 13.3 Å². The van der Waals surface area contributed by atoms with Crippen molar-refractivity contribution in [2.75, 3.05) is 12.4 Å². The molecule has 2 aromatic heterocycles. The molecule has 0 radical (unpaired) electrons. The van der Waals surface area contributed by atoms with Crippen molar-refractivity contribution < 1.29 is 14.3 Å². The molecular weight excluding hydrogens is 302 g/mol. The summed E-state index contributed by atoms with van der Waals surface area (Å²) < 4.78 is 4.62. The van der Waals surface area contributed by atoms with Gasteiger partial charge in [0.25, 0.3) is 5.91 Å². The Hall–Kier alpha value is -2.80. The number of benzene rings is 1. The fraction of sp³-hybridized carbons (Fsp3) is 0.0667. The molecule has 1 aromatic carbocycles. The molecule has 0 aliphatic carbocycles. The van der Waals surface area contributed by atoms with Gasteiger partial charge in [-0.05, 0) is 24.3 Å². The van der Waals surface area contributed by atoms with Crippen LogP contribution in [0.4, 0.5) is 5.00 Å². The van der Waals surface area contributed by atoms with Crippen molar-refractivity contribution in [1.29, 1.82) is 0 Å². The Morgan fingerprint density at radius 3 is 2.68 bits per heavy atom. The molecule has 0 aliphatic rings. The molecular formula is C15H11N3O3S. The van der Waals surface area contributed by atoms with Gasteiger partial charge in [-0.3, -0.25) is 9.78 Å². The van der Waals surface area contributed by atoms with Crippen molar-refractivity contribution in [2.45, 2.75) is 0 Å². The molecule has 0 bridgehead atoms. The first kappa shape index (κ1) is 14.2. The highest BCUT2D eigenvalue weighted by atomic mass is 32.1. The molecule has 0 fully saturated rings. The van der Waals surface area contributed by atoms with Gasteiger partial charge in [-0.2, -0.15) is 0 Å². The van der Waals surface area contributed by atoms with E-state index in [4.69, 9.17) is 0 Å². The van der Waals surface area contributed by atoms with E-state index in [1.807, 2.05) is 18.2 Å². The zero-order valence-corrected chi connectivity index (χ0v) is 12.4. The number of nitrogens with one attached hydrogen (secondary N) is 1. The fourth-order valence-corrected chi connectivity index (χ4v) is 2.68. The third kappa shape index (κ3) is 2.79. The summed E-state index contributed by atoms with van der Waals surface area (Å²) in [5.41, 5.74) is 1.59. The summed E-state index contributed by atoms with van der Waals surface area (Å²) in [6, 6.07) is 10.5. The lowest BCUT2D eigenvalue weighted by Gasteiger charge is -2.02. The first-order valence-corrected chi connectivity index (χ1v) is 7.20. The molecule has 0 atom stereocenters. The van der Waals surface area contributed by atoms with Gasteiger partial charge in [0.05, 0.1) is 29.3 Å². The standard InChI is InChI=1S/C15H11N3O3S/c1-21-15(20)12-6-7-13(22-12)18-14(19)11-8-16-9-4-2-3-5-10(9)17-11/h2-8H,1H3,(H,18,19). The van der Waals surface area contributed by atoms with Gasteiger partial charge in [0.1, 0.15) is 10.6 Å². The Labute approximate surface area is 129 Å². The number of hydrogen-bond donors (Lipinski definition) is 1. The zero-order chi connectivity index (χ0) is 15.5. The second-order valence-electron chi connectivity index (χ2n) is 4.35. The molecule has 2 heterocycles. The number of ether oxygens (including phenoxy) is 1. The first-order valence-electron chi connectivity index (χ1n) is 6.38. The van der Waals surface area contributed by atoms with Crippen molar-refractivity contribution in [3.05, 3.63) is 53.2 Å². The quantitative estimate of drug-likeness (QED) is 0.752. The Bertz CT molecular complexity index is 860. The van der Waals surface area contributed by atoms with Crippen molar-refractivity contribution in [1.82, 2.24) is 9.97 Å². The van der Waals surface area contributed by atoms with E-state index >= 15 is 0 Å². The van der Waals surface area contributed by atoms with Crippen LogP contribution in [0, 0.1) is 0 Å². The van der Waals surface area contributed by atoms with Gasteiger partial charge in [0, 0.05) is 0 Å². The van der Waals surface area contributed by atoms with Crippen molar-refractivity contribution in [3.63, 3.8) is 0 Å². The molecule has 0 aliphatic heterocycles. The number of methoxy groups -OCH3 is 1. The molecule has 3 aromatic rings. The third-order valence-corrected chi connectivity index (χ3v) is 3.89. The van der Waals surface area contributed by atoms with E-state index < -0.39 is 5.97 Å². The smallest absolute Gasteiger partial charge is 0.348 e. The minimum absolute atomic E-state index is 0.215. The topological polar surface area (TPSA) is 81.2 Å². The first-order chi connectivity index (χ1) is 10.7. The minimum atomic E-state index is -0.434. The molecule has 0 saturated heterocycles. The highest BCUT2D eigenvalue weighted by molar-refractivity contribution is 7.18. The lowest BCUT2D eigenvalue weighted by atomic mass is 10.3. The van der Waals surface area contributed by atoms with Gasteiger partial charge >= 0.3 is 5.97 Å². The number of aromatic nitrogens is 2. The fourth-order valence-electron chi connectivity index (χ4n) is 1.86. The summed E-state index contributed by atoms with van der Waals surface area (Å²) in [7, 11) is 1.31. The SMILES string of the molecule is COC(=O)c1ccc(NC(=O)c2cnc3ccccc3n2)s1.